The van der Waals surface area contributed by atoms with Gasteiger partial charge in [-0.05, 0) is 28.4 Å². The highest BCUT2D eigenvalue weighted by Crippen LogP contribution is 2.18. The van der Waals surface area contributed by atoms with Crippen LogP contribution in [-0.4, -0.2) is 6.16 Å². The van der Waals surface area contributed by atoms with E-state index in [-0.39, 0.29) is 0 Å². The monoisotopic (exact) mass is 368 g/mol. The maximum atomic E-state index is 8.33. The molecule has 0 atom stereocenters. The van der Waals surface area contributed by atoms with Gasteiger partial charge in [0.2, 0.25) is 0 Å². The summed E-state index contributed by atoms with van der Waals surface area (Å²) in [6.45, 7) is 0. The smallest absolute Gasteiger partial charge is 0.0184 e. The van der Waals surface area contributed by atoms with E-state index in [0.717, 1.165) is 0 Å². The summed E-state index contributed by atoms with van der Waals surface area (Å²) in [6, 6.07) is 41.6. The highest BCUT2D eigenvalue weighted by atomic mass is 16.6. The maximum Gasteiger partial charge on any atom is -0.0184 e. The van der Waals surface area contributed by atoms with Crippen LogP contribution >= 0.6 is 0 Å². The molecule has 0 unspecified atom stereocenters. The average Bonchev–Trinajstić information content (AvgIpc) is 2.76. The molecule has 4 rings (SSSR count). The second kappa shape index (κ2) is 11.7. The van der Waals surface area contributed by atoms with Crippen LogP contribution in [0.15, 0.2) is 121 Å². The van der Waals surface area contributed by atoms with Gasteiger partial charge in [-0.1, -0.05) is 121 Å². The third-order valence-electron chi connectivity index (χ3n) is 3.76. The standard InChI is InChI=1S/2C12H10.CH2O3/c2*1-3-7-11(8-4-1)12-9-5-2-6-10-12;2-1(3)4/h2*1-10H;(H2,2,3,4)/p-2. The van der Waals surface area contributed by atoms with Crippen LogP contribution in [0.25, 0.3) is 22.3 Å². The highest BCUT2D eigenvalue weighted by Gasteiger charge is 1.92. The number of hydrogen-bond donors (Lipinski definition) is 0. The van der Waals surface area contributed by atoms with Crippen molar-refractivity contribution >= 4 is 6.16 Å². The van der Waals surface area contributed by atoms with E-state index in [1.807, 2.05) is 24.3 Å². The average molecular weight is 368 g/mol. The molecule has 0 fully saturated rings. The summed E-state index contributed by atoms with van der Waals surface area (Å²) in [5.74, 6) is 0. The molecule has 0 amide bonds. The Morgan fingerprint density at radius 2 is 0.536 bits per heavy atom. The molecule has 0 bridgehead atoms. The third kappa shape index (κ3) is 7.58. The summed E-state index contributed by atoms with van der Waals surface area (Å²) in [4.78, 5) is 8.33. The van der Waals surface area contributed by atoms with Crippen LogP contribution in [0.5, 0.6) is 0 Å². The minimum Gasteiger partial charge on any atom is -0.652 e. The van der Waals surface area contributed by atoms with Gasteiger partial charge in [0.1, 0.15) is 0 Å². The molecule has 0 radical (unpaired) electrons. The van der Waals surface area contributed by atoms with Gasteiger partial charge in [-0.25, -0.2) is 0 Å². The summed E-state index contributed by atoms with van der Waals surface area (Å²) in [5, 5.41) is 16.7. The summed E-state index contributed by atoms with van der Waals surface area (Å²) in [6.07, 6.45) is -2.33. The van der Waals surface area contributed by atoms with Crippen molar-refractivity contribution in [3.63, 3.8) is 0 Å². The Bertz CT molecular complexity index is 768. The van der Waals surface area contributed by atoms with Crippen LogP contribution in [0, 0.1) is 0 Å². The zero-order valence-corrected chi connectivity index (χ0v) is 15.3. The molecular formula is C25H20O3-2. The second-order valence-corrected chi connectivity index (χ2v) is 5.71. The van der Waals surface area contributed by atoms with Crippen molar-refractivity contribution in [2.24, 2.45) is 0 Å². The predicted octanol–water partition coefficient (Wildman–Crippen LogP) is 4.26. The zero-order valence-electron chi connectivity index (χ0n) is 15.3. The van der Waals surface area contributed by atoms with Gasteiger partial charge in [-0.3, -0.25) is 0 Å². The van der Waals surface area contributed by atoms with Crippen molar-refractivity contribution in [2.75, 3.05) is 0 Å². The minimum atomic E-state index is -2.33. The van der Waals surface area contributed by atoms with Crippen LogP contribution in [-0.2, 0) is 0 Å². The molecule has 3 heteroatoms. The van der Waals surface area contributed by atoms with E-state index in [0.29, 0.717) is 0 Å². The lowest BCUT2D eigenvalue weighted by Gasteiger charge is -1.98. The molecule has 28 heavy (non-hydrogen) atoms. The number of hydrogen-bond acceptors (Lipinski definition) is 3. The lowest BCUT2D eigenvalue weighted by molar-refractivity contribution is -0.415. The molecular weight excluding hydrogens is 348 g/mol. The Hall–Kier alpha value is -3.85. The zero-order chi connectivity index (χ0) is 20.0. The summed E-state index contributed by atoms with van der Waals surface area (Å²) < 4.78 is 0. The van der Waals surface area contributed by atoms with Crippen LogP contribution in [0.4, 0.5) is 4.79 Å². The Balaban J connectivity index is 0.000000169. The van der Waals surface area contributed by atoms with Gasteiger partial charge in [0.05, 0.1) is 0 Å². The van der Waals surface area contributed by atoms with Gasteiger partial charge >= 0.3 is 0 Å². The van der Waals surface area contributed by atoms with Crippen molar-refractivity contribution in [2.45, 2.75) is 0 Å². The van der Waals surface area contributed by atoms with E-state index < -0.39 is 6.16 Å². The van der Waals surface area contributed by atoms with Gasteiger partial charge in [0.15, 0.2) is 0 Å². The fraction of sp³-hybridized carbons (Fsp3) is 0. The molecule has 4 aromatic rings. The molecule has 0 aliphatic heterocycles. The van der Waals surface area contributed by atoms with E-state index in [1.165, 1.54) is 22.3 Å². The van der Waals surface area contributed by atoms with E-state index in [4.69, 9.17) is 15.0 Å². The molecule has 0 aromatic heterocycles. The first-order valence-electron chi connectivity index (χ1n) is 8.76. The van der Waals surface area contributed by atoms with Crippen LogP contribution in [0.2, 0.25) is 0 Å². The van der Waals surface area contributed by atoms with E-state index in [1.54, 1.807) is 0 Å². The van der Waals surface area contributed by atoms with E-state index in [2.05, 4.69) is 97.1 Å². The second-order valence-electron chi connectivity index (χ2n) is 5.71. The van der Waals surface area contributed by atoms with Crippen molar-refractivity contribution < 1.29 is 15.0 Å². The third-order valence-corrected chi connectivity index (χ3v) is 3.76. The van der Waals surface area contributed by atoms with Crippen LogP contribution < -0.4 is 10.2 Å². The fourth-order valence-electron chi connectivity index (χ4n) is 2.52. The highest BCUT2D eigenvalue weighted by molar-refractivity contribution is 5.63. The number of carboxylic acid groups (broad SMARTS) is 2. The Labute approximate surface area is 165 Å². The first-order chi connectivity index (χ1) is 13.7. The fourth-order valence-corrected chi connectivity index (χ4v) is 2.52. The van der Waals surface area contributed by atoms with Gasteiger partial charge < -0.3 is 15.0 Å². The predicted molar refractivity (Wildman–Crippen MR) is 109 cm³/mol. The molecule has 0 aliphatic rings. The number of carbonyl (C=O) groups excluding carboxylic acids is 1. The molecule has 0 spiro atoms. The Morgan fingerprint density at radius 1 is 0.393 bits per heavy atom. The number of carbonyl (C=O) groups is 1. The molecule has 3 nitrogen and oxygen atoms in total. The van der Waals surface area contributed by atoms with E-state index in [9.17, 15) is 0 Å². The number of benzene rings is 4. The molecule has 0 N–H and O–H groups in total. The Morgan fingerprint density at radius 3 is 0.679 bits per heavy atom. The molecule has 0 saturated carbocycles. The number of rotatable bonds is 2. The lowest BCUT2D eigenvalue weighted by atomic mass is 10.1. The largest absolute Gasteiger partial charge is 0.652 e. The molecule has 0 heterocycles. The van der Waals surface area contributed by atoms with Crippen molar-refractivity contribution in [1.29, 1.82) is 0 Å². The summed E-state index contributed by atoms with van der Waals surface area (Å²) >= 11 is 0. The van der Waals surface area contributed by atoms with Crippen molar-refractivity contribution in [3.05, 3.63) is 121 Å². The van der Waals surface area contributed by atoms with Crippen LogP contribution in [0.3, 0.4) is 0 Å². The Kier molecular flexibility index (Phi) is 8.55. The topological polar surface area (TPSA) is 63.2 Å². The molecule has 140 valence electrons. The van der Waals surface area contributed by atoms with Gasteiger partial charge in [0, 0.05) is 0 Å². The summed E-state index contributed by atoms with van der Waals surface area (Å²) in [7, 11) is 0. The van der Waals surface area contributed by atoms with Crippen molar-refractivity contribution in [3.8, 4) is 22.3 Å². The first kappa shape index (κ1) is 20.5. The molecule has 0 aliphatic carbocycles. The van der Waals surface area contributed by atoms with E-state index >= 15 is 0 Å². The lowest BCUT2D eigenvalue weighted by Crippen LogP contribution is -2.37. The quantitative estimate of drug-likeness (QED) is 0.531. The maximum absolute atomic E-state index is 8.33. The molecule has 0 saturated heterocycles. The van der Waals surface area contributed by atoms with Gasteiger partial charge in [-0.15, -0.1) is 0 Å². The van der Waals surface area contributed by atoms with Crippen LogP contribution in [0.1, 0.15) is 0 Å². The van der Waals surface area contributed by atoms with Crippen molar-refractivity contribution in [1.82, 2.24) is 0 Å². The normalized spacial score (nSPS) is 9.14. The minimum absolute atomic E-state index is 1.28. The summed E-state index contributed by atoms with van der Waals surface area (Å²) in [5.41, 5.74) is 5.10. The first-order valence-corrected chi connectivity index (χ1v) is 8.76. The van der Waals surface area contributed by atoms with Gasteiger partial charge in [0.25, 0.3) is 0 Å². The SMILES string of the molecule is O=C([O-])[O-].c1ccc(-c2ccccc2)cc1.c1ccc(-c2ccccc2)cc1. The van der Waals surface area contributed by atoms with Gasteiger partial charge in [-0.2, -0.15) is 0 Å². The molecule has 4 aromatic carbocycles.